The van der Waals surface area contributed by atoms with Crippen LogP contribution in [0, 0.1) is 19.8 Å². The Labute approximate surface area is 177 Å². The second kappa shape index (κ2) is 8.81. The van der Waals surface area contributed by atoms with Gasteiger partial charge in [-0.1, -0.05) is 12.1 Å². The Hall–Kier alpha value is -2.96. The predicted octanol–water partition coefficient (Wildman–Crippen LogP) is 3.62. The number of aromatic nitrogens is 4. The highest BCUT2D eigenvalue weighted by molar-refractivity contribution is 5.91. The van der Waals surface area contributed by atoms with E-state index < -0.39 is 0 Å². The average molecular weight is 408 g/mol. The summed E-state index contributed by atoms with van der Waals surface area (Å²) in [5.41, 5.74) is 3.14. The Bertz CT molecular complexity index is 1020. The third kappa shape index (κ3) is 4.45. The number of nitrogens with zero attached hydrogens (tertiary/aromatic N) is 5. The van der Waals surface area contributed by atoms with Crippen molar-refractivity contribution in [3.8, 4) is 5.75 Å². The molecule has 1 fully saturated rings. The van der Waals surface area contributed by atoms with Gasteiger partial charge in [0.15, 0.2) is 0 Å². The van der Waals surface area contributed by atoms with Gasteiger partial charge in [-0.25, -0.2) is 9.50 Å². The summed E-state index contributed by atoms with van der Waals surface area (Å²) in [6.07, 6.45) is 4.24. The number of likely N-dealkylation sites (tertiary alicyclic amines) is 1. The fourth-order valence-electron chi connectivity index (χ4n) is 4.11. The monoisotopic (exact) mass is 407 g/mol. The first-order valence-corrected chi connectivity index (χ1v) is 10.8. The normalized spacial score (nSPS) is 15.0. The molecule has 0 atom stereocenters. The summed E-state index contributed by atoms with van der Waals surface area (Å²) in [4.78, 5) is 23.5. The maximum absolute atomic E-state index is 12.9. The number of piperidine rings is 1. The first-order valence-electron chi connectivity index (χ1n) is 10.8. The molecule has 1 aromatic carbocycles. The van der Waals surface area contributed by atoms with E-state index in [0.717, 1.165) is 55.9 Å². The van der Waals surface area contributed by atoms with Crippen LogP contribution >= 0.6 is 0 Å². The molecule has 0 radical (unpaired) electrons. The van der Waals surface area contributed by atoms with Crippen molar-refractivity contribution in [3.05, 3.63) is 53.1 Å². The maximum Gasteiger partial charge on any atom is 0.293 e. The second-order valence-corrected chi connectivity index (χ2v) is 8.04. The summed E-state index contributed by atoms with van der Waals surface area (Å²) in [5, 5.41) is 4.39. The van der Waals surface area contributed by atoms with E-state index in [1.165, 1.54) is 5.56 Å². The summed E-state index contributed by atoms with van der Waals surface area (Å²) >= 11 is 0. The lowest BCUT2D eigenvalue weighted by Crippen LogP contribution is -2.39. The summed E-state index contributed by atoms with van der Waals surface area (Å²) in [6.45, 7) is 8.06. The van der Waals surface area contributed by atoms with Gasteiger partial charge in [0.1, 0.15) is 5.75 Å². The Balaban J connectivity index is 1.31. The van der Waals surface area contributed by atoms with Crippen LogP contribution in [0.3, 0.4) is 0 Å². The maximum atomic E-state index is 12.9. The summed E-state index contributed by atoms with van der Waals surface area (Å²) in [6, 6.07) is 10.3. The van der Waals surface area contributed by atoms with Crippen molar-refractivity contribution in [2.24, 2.45) is 5.92 Å². The molecule has 1 aliphatic rings. The standard InChI is InChI=1S/C23H29N5O2/c1-4-30-20-9-7-18(8-10-20)5-6-19-11-13-27(14-12-19)22(29)21-25-23-24-16(2)15-17(3)28(23)26-21/h7-10,15,19H,4-6,11-14H2,1-3H3. The van der Waals surface area contributed by atoms with Gasteiger partial charge in [-0.3, -0.25) is 4.79 Å². The first kappa shape index (κ1) is 20.3. The highest BCUT2D eigenvalue weighted by Gasteiger charge is 2.26. The molecule has 30 heavy (non-hydrogen) atoms. The van der Waals surface area contributed by atoms with Gasteiger partial charge in [-0.2, -0.15) is 4.98 Å². The molecule has 0 unspecified atom stereocenters. The molecule has 3 heterocycles. The van der Waals surface area contributed by atoms with Gasteiger partial charge >= 0.3 is 0 Å². The number of aryl methyl sites for hydroxylation is 3. The zero-order valence-corrected chi connectivity index (χ0v) is 18.0. The van der Waals surface area contributed by atoms with Crippen LogP contribution in [0.15, 0.2) is 30.3 Å². The van der Waals surface area contributed by atoms with E-state index in [-0.39, 0.29) is 11.7 Å². The van der Waals surface area contributed by atoms with Crippen LogP contribution in [0.25, 0.3) is 5.78 Å². The number of rotatable bonds is 6. The van der Waals surface area contributed by atoms with Crippen molar-refractivity contribution in [1.82, 2.24) is 24.5 Å². The molecular formula is C23H29N5O2. The number of ether oxygens (including phenoxy) is 1. The van der Waals surface area contributed by atoms with Gasteiger partial charge in [0, 0.05) is 24.5 Å². The van der Waals surface area contributed by atoms with E-state index in [4.69, 9.17) is 4.74 Å². The highest BCUT2D eigenvalue weighted by atomic mass is 16.5. The van der Waals surface area contributed by atoms with E-state index >= 15 is 0 Å². The van der Waals surface area contributed by atoms with Gasteiger partial charge in [-0.05, 0) is 76.1 Å². The molecule has 0 saturated carbocycles. The molecule has 3 aromatic rings. The minimum Gasteiger partial charge on any atom is -0.494 e. The zero-order chi connectivity index (χ0) is 21.1. The third-order valence-corrected chi connectivity index (χ3v) is 5.79. The third-order valence-electron chi connectivity index (χ3n) is 5.79. The quantitative estimate of drug-likeness (QED) is 0.624. The van der Waals surface area contributed by atoms with Gasteiger partial charge in [0.2, 0.25) is 5.82 Å². The molecule has 1 saturated heterocycles. The van der Waals surface area contributed by atoms with Crippen LogP contribution in [0.1, 0.15) is 53.8 Å². The molecule has 0 spiro atoms. The lowest BCUT2D eigenvalue weighted by Gasteiger charge is -2.31. The van der Waals surface area contributed by atoms with Crippen LogP contribution in [-0.2, 0) is 6.42 Å². The molecule has 0 aliphatic carbocycles. The number of fused-ring (bicyclic) bond motifs is 1. The van der Waals surface area contributed by atoms with Gasteiger partial charge in [0.05, 0.1) is 6.61 Å². The largest absolute Gasteiger partial charge is 0.494 e. The van der Waals surface area contributed by atoms with Crippen molar-refractivity contribution >= 4 is 11.7 Å². The van der Waals surface area contributed by atoms with Crippen molar-refractivity contribution in [3.63, 3.8) is 0 Å². The molecular weight excluding hydrogens is 378 g/mol. The van der Waals surface area contributed by atoms with E-state index in [9.17, 15) is 4.79 Å². The number of benzene rings is 1. The van der Waals surface area contributed by atoms with Crippen molar-refractivity contribution in [1.29, 1.82) is 0 Å². The minimum absolute atomic E-state index is 0.0949. The second-order valence-electron chi connectivity index (χ2n) is 8.04. The lowest BCUT2D eigenvalue weighted by molar-refractivity contribution is 0.0675. The Morgan fingerprint density at radius 3 is 2.57 bits per heavy atom. The fraction of sp³-hybridized carbons (Fsp3) is 0.478. The van der Waals surface area contributed by atoms with Crippen molar-refractivity contribution in [2.45, 2.75) is 46.5 Å². The molecule has 7 heteroatoms. The van der Waals surface area contributed by atoms with E-state index in [2.05, 4.69) is 27.2 Å². The first-order chi connectivity index (χ1) is 14.5. The molecule has 7 nitrogen and oxygen atoms in total. The molecule has 0 N–H and O–H groups in total. The molecule has 158 valence electrons. The fourth-order valence-corrected chi connectivity index (χ4v) is 4.11. The van der Waals surface area contributed by atoms with Crippen molar-refractivity contribution < 1.29 is 9.53 Å². The van der Waals surface area contributed by atoms with Crippen LogP contribution in [0.2, 0.25) is 0 Å². The predicted molar refractivity (Wildman–Crippen MR) is 115 cm³/mol. The van der Waals surface area contributed by atoms with E-state index in [1.807, 2.05) is 43.9 Å². The molecule has 0 bridgehead atoms. The smallest absolute Gasteiger partial charge is 0.293 e. The molecule has 2 aromatic heterocycles. The van der Waals surface area contributed by atoms with E-state index in [1.54, 1.807) is 4.52 Å². The number of carbonyl (C=O) groups excluding carboxylic acids is 1. The van der Waals surface area contributed by atoms with Crippen LogP contribution in [0.4, 0.5) is 0 Å². The Morgan fingerprint density at radius 2 is 1.87 bits per heavy atom. The number of carbonyl (C=O) groups is 1. The van der Waals surface area contributed by atoms with Crippen LogP contribution in [0.5, 0.6) is 5.75 Å². The Morgan fingerprint density at radius 1 is 1.13 bits per heavy atom. The minimum atomic E-state index is -0.0949. The van der Waals surface area contributed by atoms with Crippen molar-refractivity contribution in [2.75, 3.05) is 19.7 Å². The zero-order valence-electron chi connectivity index (χ0n) is 18.0. The van der Waals surface area contributed by atoms with E-state index in [0.29, 0.717) is 18.3 Å². The number of hydrogen-bond donors (Lipinski definition) is 0. The molecule has 1 aliphatic heterocycles. The lowest BCUT2D eigenvalue weighted by atomic mass is 9.90. The summed E-state index contributed by atoms with van der Waals surface area (Å²) in [7, 11) is 0. The number of amides is 1. The average Bonchev–Trinajstić information content (AvgIpc) is 3.18. The molecule has 1 amide bonds. The Kier molecular flexibility index (Phi) is 5.97. The van der Waals surface area contributed by atoms with Gasteiger partial charge in [0.25, 0.3) is 11.7 Å². The van der Waals surface area contributed by atoms with Gasteiger partial charge < -0.3 is 9.64 Å². The van der Waals surface area contributed by atoms with Crippen LogP contribution in [-0.4, -0.2) is 50.1 Å². The summed E-state index contributed by atoms with van der Waals surface area (Å²) < 4.78 is 7.15. The molecule has 4 rings (SSSR count). The highest BCUT2D eigenvalue weighted by Crippen LogP contribution is 2.24. The van der Waals surface area contributed by atoms with Crippen LogP contribution < -0.4 is 4.74 Å². The van der Waals surface area contributed by atoms with Gasteiger partial charge in [-0.15, -0.1) is 5.10 Å². The SMILES string of the molecule is CCOc1ccc(CCC2CCN(C(=O)c3nc4nc(C)cc(C)n4n3)CC2)cc1. The topological polar surface area (TPSA) is 72.6 Å². The summed E-state index contributed by atoms with van der Waals surface area (Å²) in [5.74, 6) is 2.20. The number of hydrogen-bond acceptors (Lipinski definition) is 5.